The van der Waals surface area contributed by atoms with Crippen molar-refractivity contribution in [3.63, 3.8) is 0 Å². The van der Waals surface area contributed by atoms with Gasteiger partial charge in [0.2, 0.25) is 0 Å². The molecule has 0 aliphatic carbocycles. The highest BCUT2D eigenvalue weighted by Crippen LogP contribution is 2.41. The number of rotatable bonds is 5. The number of hydrogen-bond acceptors (Lipinski definition) is 7. The third-order valence-electron chi connectivity index (χ3n) is 6.30. The van der Waals surface area contributed by atoms with Crippen molar-refractivity contribution in [1.29, 1.82) is 0 Å². The molecule has 1 amide bonds. The van der Waals surface area contributed by atoms with Crippen molar-refractivity contribution in [3.05, 3.63) is 51.9 Å². The van der Waals surface area contributed by atoms with E-state index >= 15 is 0 Å². The molecule has 32 heavy (non-hydrogen) atoms. The lowest BCUT2D eigenvalue weighted by Gasteiger charge is -2.33. The molecule has 4 heterocycles. The zero-order valence-electron chi connectivity index (χ0n) is 18.4. The summed E-state index contributed by atoms with van der Waals surface area (Å²) in [6.07, 6.45) is 1.71. The summed E-state index contributed by atoms with van der Waals surface area (Å²) in [5.41, 5.74) is 10.8. The van der Waals surface area contributed by atoms with Crippen LogP contribution in [0.5, 0.6) is 0 Å². The maximum Gasteiger partial charge on any atom is 0.263 e. The Balaban J connectivity index is 1.46. The van der Waals surface area contributed by atoms with Crippen molar-refractivity contribution in [1.82, 2.24) is 15.2 Å². The molecule has 3 N–H and O–H groups in total. The summed E-state index contributed by atoms with van der Waals surface area (Å²) in [5.74, 6) is 0.913. The molecule has 8 heteroatoms. The van der Waals surface area contributed by atoms with Crippen molar-refractivity contribution in [3.8, 4) is 0 Å². The van der Waals surface area contributed by atoms with Gasteiger partial charge in [-0.15, -0.1) is 11.3 Å². The highest BCUT2D eigenvalue weighted by atomic mass is 32.1. The maximum absolute atomic E-state index is 13.0. The van der Waals surface area contributed by atoms with E-state index in [2.05, 4.69) is 34.3 Å². The van der Waals surface area contributed by atoms with Crippen LogP contribution in [0.3, 0.4) is 0 Å². The minimum atomic E-state index is -0.115. The Morgan fingerprint density at radius 2 is 1.97 bits per heavy atom. The van der Waals surface area contributed by atoms with Gasteiger partial charge in [0.25, 0.3) is 5.91 Å². The van der Waals surface area contributed by atoms with E-state index in [1.54, 1.807) is 0 Å². The van der Waals surface area contributed by atoms with E-state index in [1.807, 2.05) is 18.2 Å². The molecule has 2 aromatic heterocycles. The standard InChI is InChI=1S/C24H29N5O2S/c1-28-10-8-17-18(15-28)22(29-11-13-31-14-12-29)27-24-19(17)20(25)21(32-24)23(30)26-9-7-16-5-3-2-4-6-16/h2-6H,7-15,25H2,1H3,(H,26,30). The molecule has 2 aliphatic heterocycles. The fourth-order valence-electron chi connectivity index (χ4n) is 4.60. The number of aromatic nitrogens is 1. The predicted octanol–water partition coefficient (Wildman–Crippen LogP) is 2.68. The van der Waals surface area contributed by atoms with Crippen LogP contribution in [0, 0.1) is 0 Å². The molecule has 0 spiro atoms. The molecule has 0 unspecified atom stereocenters. The van der Waals surface area contributed by atoms with Gasteiger partial charge in [-0.2, -0.15) is 0 Å². The Morgan fingerprint density at radius 3 is 2.75 bits per heavy atom. The number of nitrogen functional groups attached to an aromatic ring is 1. The number of ether oxygens (including phenoxy) is 1. The number of morpholine rings is 1. The summed E-state index contributed by atoms with van der Waals surface area (Å²) in [4.78, 5) is 24.1. The fraction of sp³-hybridized carbons (Fsp3) is 0.417. The molecule has 3 aromatic rings. The first-order valence-electron chi connectivity index (χ1n) is 11.2. The average Bonchev–Trinajstić information content (AvgIpc) is 3.16. The van der Waals surface area contributed by atoms with Crippen LogP contribution in [0.2, 0.25) is 0 Å². The van der Waals surface area contributed by atoms with Crippen molar-refractivity contribution < 1.29 is 9.53 Å². The summed E-state index contributed by atoms with van der Waals surface area (Å²) in [5, 5.41) is 4.02. The van der Waals surface area contributed by atoms with Crippen LogP contribution >= 0.6 is 11.3 Å². The van der Waals surface area contributed by atoms with E-state index in [0.717, 1.165) is 55.1 Å². The van der Waals surface area contributed by atoms with Gasteiger partial charge in [-0.05, 0) is 31.0 Å². The molecule has 0 radical (unpaired) electrons. The van der Waals surface area contributed by atoms with Gasteiger partial charge < -0.3 is 25.6 Å². The SMILES string of the molecule is CN1CCc2c(c(N3CCOCC3)nc3sc(C(=O)NCCc4ccccc4)c(N)c23)C1. The molecule has 1 fully saturated rings. The fourth-order valence-corrected chi connectivity index (χ4v) is 5.63. The van der Waals surface area contributed by atoms with E-state index in [9.17, 15) is 4.79 Å². The second-order valence-electron chi connectivity index (χ2n) is 8.50. The van der Waals surface area contributed by atoms with Crippen LogP contribution in [0.1, 0.15) is 26.4 Å². The van der Waals surface area contributed by atoms with Gasteiger partial charge in [-0.1, -0.05) is 30.3 Å². The van der Waals surface area contributed by atoms with Gasteiger partial charge in [-0.3, -0.25) is 4.79 Å². The molecular weight excluding hydrogens is 422 g/mol. The van der Waals surface area contributed by atoms with E-state index in [4.69, 9.17) is 15.5 Å². The minimum absolute atomic E-state index is 0.115. The first kappa shape index (κ1) is 21.2. The van der Waals surface area contributed by atoms with Crippen molar-refractivity contribution in [2.75, 3.05) is 57.1 Å². The zero-order valence-corrected chi connectivity index (χ0v) is 19.2. The second-order valence-corrected chi connectivity index (χ2v) is 9.50. The Kier molecular flexibility index (Phi) is 5.99. The molecule has 7 nitrogen and oxygen atoms in total. The summed E-state index contributed by atoms with van der Waals surface area (Å²) < 4.78 is 5.55. The van der Waals surface area contributed by atoms with Crippen LogP contribution < -0.4 is 16.0 Å². The predicted molar refractivity (Wildman–Crippen MR) is 130 cm³/mol. The maximum atomic E-state index is 13.0. The molecule has 0 saturated carbocycles. The normalized spacial score (nSPS) is 16.8. The number of nitrogens with two attached hydrogens (primary N) is 1. The third kappa shape index (κ3) is 4.05. The molecule has 5 rings (SSSR count). The minimum Gasteiger partial charge on any atom is -0.397 e. The summed E-state index contributed by atoms with van der Waals surface area (Å²) in [6, 6.07) is 10.2. The monoisotopic (exact) mass is 451 g/mol. The van der Waals surface area contributed by atoms with Crippen molar-refractivity contribution in [2.45, 2.75) is 19.4 Å². The van der Waals surface area contributed by atoms with Crippen LogP contribution in [0.15, 0.2) is 30.3 Å². The lowest BCUT2D eigenvalue weighted by molar-refractivity contribution is 0.0959. The first-order chi connectivity index (χ1) is 15.6. The number of amides is 1. The van der Waals surface area contributed by atoms with Crippen LogP contribution in [0.4, 0.5) is 11.5 Å². The van der Waals surface area contributed by atoms with E-state index in [-0.39, 0.29) is 5.91 Å². The number of anilines is 2. The van der Waals surface area contributed by atoms with Crippen molar-refractivity contribution >= 4 is 39.0 Å². The van der Waals surface area contributed by atoms with Gasteiger partial charge in [-0.25, -0.2) is 4.98 Å². The largest absolute Gasteiger partial charge is 0.397 e. The summed E-state index contributed by atoms with van der Waals surface area (Å²) >= 11 is 1.41. The highest BCUT2D eigenvalue weighted by Gasteiger charge is 2.28. The lowest BCUT2D eigenvalue weighted by Crippen LogP contribution is -2.39. The molecular formula is C24H29N5O2S. The number of carbonyl (C=O) groups excluding carboxylic acids is 1. The number of nitrogens with one attached hydrogen (secondary N) is 1. The number of thiophene rings is 1. The lowest BCUT2D eigenvalue weighted by atomic mass is 9.96. The third-order valence-corrected chi connectivity index (χ3v) is 7.40. The summed E-state index contributed by atoms with van der Waals surface area (Å²) in [7, 11) is 2.14. The molecule has 2 aliphatic rings. The van der Waals surface area contributed by atoms with Gasteiger partial charge in [0.05, 0.1) is 18.9 Å². The van der Waals surface area contributed by atoms with Crippen LogP contribution in [-0.4, -0.2) is 62.2 Å². The number of nitrogens with zero attached hydrogens (tertiary/aromatic N) is 3. The Morgan fingerprint density at radius 1 is 1.19 bits per heavy atom. The Bertz CT molecular complexity index is 1120. The summed E-state index contributed by atoms with van der Waals surface area (Å²) in [6.45, 7) is 5.50. The Hall–Kier alpha value is -2.68. The number of carbonyl (C=O) groups is 1. The highest BCUT2D eigenvalue weighted by molar-refractivity contribution is 7.21. The molecule has 1 saturated heterocycles. The second kappa shape index (κ2) is 9.05. The first-order valence-corrected chi connectivity index (χ1v) is 12.0. The Labute approximate surface area is 192 Å². The van der Waals surface area contributed by atoms with Gasteiger partial charge in [0.1, 0.15) is 15.5 Å². The van der Waals surface area contributed by atoms with Gasteiger partial charge >= 0.3 is 0 Å². The molecule has 168 valence electrons. The molecule has 0 bridgehead atoms. The van der Waals surface area contributed by atoms with Crippen molar-refractivity contribution in [2.24, 2.45) is 0 Å². The van der Waals surface area contributed by atoms with Gasteiger partial charge in [0.15, 0.2) is 0 Å². The number of fused-ring (bicyclic) bond motifs is 3. The molecule has 1 aromatic carbocycles. The number of likely N-dealkylation sites (N-methyl/N-ethyl adjacent to an activating group) is 1. The number of benzene rings is 1. The number of pyridine rings is 1. The topological polar surface area (TPSA) is 83.7 Å². The van der Waals surface area contributed by atoms with E-state index in [0.29, 0.717) is 30.3 Å². The van der Waals surface area contributed by atoms with E-state index < -0.39 is 0 Å². The van der Waals surface area contributed by atoms with E-state index in [1.165, 1.54) is 28.0 Å². The average molecular weight is 452 g/mol. The van der Waals surface area contributed by atoms with Crippen LogP contribution in [-0.2, 0) is 24.1 Å². The molecule has 0 atom stereocenters. The van der Waals surface area contributed by atoms with Gasteiger partial charge in [0, 0.05) is 43.7 Å². The quantitative estimate of drug-likeness (QED) is 0.621. The van der Waals surface area contributed by atoms with Crippen LogP contribution in [0.25, 0.3) is 10.2 Å². The zero-order chi connectivity index (χ0) is 22.1. The number of hydrogen-bond donors (Lipinski definition) is 2. The smallest absolute Gasteiger partial charge is 0.263 e.